The van der Waals surface area contributed by atoms with Crippen LogP contribution in [0.25, 0.3) is 0 Å². The van der Waals surface area contributed by atoms with E-state index < -0.39 is 10.0 Å². The molecule has 0 unspecified atom stereocenters. The monoisotopic (exact) mass is 497 g/mol. The van der Waals surface area contributed by atoms with Crippen LogP contribution in [0.4, 0.5) is 5.69 Å². The van der Waals surface area contributed by atoms with Gasteiger partial charge in [-0.05, 0) is 24.6 Å². The molecule has 1 fully saturated rings. The van der Waals surface area contributed by atoms with E-state index in [0.717, 1.165) is 17.0 Å². The van der Waals surface area contributed by atoms with Gasteiger partial charge in [-0.3, -0.25) is 9.48 Å². The number of hydrogen-bond acceptors (Lipinski definition) is 6. The van der Waals surface area contributed by atoms with E-state index in [0.29, 0.717) is 26.2 Å². The lowest BCUT2D eigenvalue weighted by molar-refractivity contribution is 0.0781. The van der Waals surface area contributed by atoms with Gasteiger partial charge in [-0.2, -0.15) is 9.40 Å². The lowest BCUT2D eigenvalue weighted by atomic mass is 10.2. The number of benzene rings is 2. The summed E-state index contributed by atoms with van der Waals surface area (Å²) >= 11 is 0. The van der Waals surface area contributed by atoms with Crippen LogP contribution < -0.4 is 9.64 Å². The van der Waals surface area contributed by atoms with Crippen LogP contribution in [0.5, 0.6) is 5.75 Å². The summed E-state index contributed by atoms with van der Waals surface area (Å²) in [5.74, 6) is 0.398. The Bertz CT molecular complexity index is 1270. The first-order valence-corrected chi connectivity index (χ1v) is 13.0. The fraction of sp³-hybridized carbons (Fsp3) is 0.360. The van der Waals surface area contributed by atoms with Gasteiger partial charge in [0.25, 0.3) is 15.9 Å². The smallest absolute Gasteiger partial charge is 0.263 e. The number of nitrogens with zero attached hydrogens (tertiary/aromatic N) is 5. The summed E-state index contributed by atoms with van der Waals surface area (Å²) in [5.41, 5.74) is 1.98. The van der Waals surface area contributed by atoms with Crippen LogP contribution in [0, 0.1) is 0 Å². The van der Waals surface area contributed by atoms with Gasteiger partial charge in [-0.15, -0.1) is 0 Å². The van der Waals surface area contributed by atoms with Crippen LogP contribution in [0.1, 0.15) is 22.8 Å². The first-order valence-electron chi connectivity index (χ1n) is 11.6. The molecule has 0 saturated carbocycles. The molecule has 4 rings (SSSR count). The molecule has 35 heavy (non-hydrogen) atoms. The molecule has 0 bridgehead atoms. The Hall–Kier alpha value is -3.37. The predicted octanol–water partition coefficient (Wildman–Crippen LogP) is 2.60. The van der Waals surface area contributed by atoms with E-state index in [1.807, 2.05) is 61.5 Å². The van der Waals surface area contributed by atoms with Crippen molar-refractivity contribution in [1.82, 2.24) is 19.0 Å². The van der Waals surface area contributed by atoms with Crippen LogP contribution in [0.3, 0.4) is 0 Å². The highest BCUT2D eigenvalue weighted by atomic mass is 32.2. The third-order valence-electron chi connectivity index (χ3n) is 5.96. The number of carbonyl (C=O) groups excluding carboxylic acids is 1. The quantitative estimate of drug-likeness (QED) is 0.476. The molecule has 2 heterocycles. The summed E-state index contributed by atoms with van der Waals surface area (Å²) in [6.45, 7) is 4.44. The first-order chi connectivity index (χ1) is 16.8. The number of piperazine rings is 1. The maximum Gasteiger partial charge on any atom is 0.263 e. The second-order valence-electron chi connectivity index (χ2n) is 8.46. The Morgan fingerprint density at radius 2 is 1.69 bits per heavy atom. The lowest BCUT2D eigenvalue weighted by Gasteiger charge is -2.35. The summed E-state index contributed by atoms with van der Waals surface area (Å²) in [7, 11) is -0.673. The molecule has 1 saturated heterocycles. The fourth-order valence-electron chi connectivity index (χ4n) is 4.23. The molecule has 1 aliphatic heterocycles. The van der Waals surface area contributed by atoms with Crippen molar-refractivity contribution in [3.63, 3.8) is 0 Å². The molecule has 3 aromatic rings. The second-order valence-corrected chi connectivity index (χ2v) is 10.3. The normalized spacial score (nSPS) is 14.7. The van der Waals surface area contributed by atoms with E-state index in [2.05, 4.69) is 10.00 Å². The Kier molecular flexibility index (Phi) is 7.42. The zero-order valence-corrected chi connectivity index (χ0v) is 21.1. The molecule has 9 nitrogen and oxygen atoms in total. The number of rotatable bonds is 8. The summed E-state index contributed by atoms with van der Waals surface area (Å²) in [4.78, 5) is 16.8. The molecule has 1 aromatic heterocycles. The zero-order chi connectivity index (χ0) is 25.0. The van der Waals surface area contributed by atoms with Crippen LogP contribution in [-0.2, 0) is 23.6 Å². The molecule has 0 atom stereocenters. The minimum absolute atomic E-state index is 0.0788. The molecule has 10 heteroatoms. The van der Waals surface area contributed by atoms with Crippen molar-refractivity contribution in [2.75, 3.05) is 44.7 Å². The maximum atomic E-state index is 13.6. The van der Waals surface area contributed by atoms with Crippen molar-refractivity contribution >= 4 is 21.6 Å². The van der Waals surface area contributed by atoms with Crippen LogP contribution >= 0.6 is 0 Å². The highest BCUT2D eigenvalue weighted by Gasteiger charge is 2.35. The number of aryl methyl sites for hydroxylation is 1. The van der Waals surface area contributed by atoms with E-state index in [9.17, 15) is 13.2 Å². The van der Waals surface area contributed by atoms with Gasteiger partial charge in [-0.25, -0.2) is 8.42 Å². The fourth-order valence-corrected chi connectivity index (χ4v) is 5.77. The highest BCUT2D eigenvalue weighted by molar-refractivity contribution is 7.89. The molecular formula is C25H31N5O4S. The van der Waals surface area contributed by atoms with E-state index in [-0.39, 0.29) is 29.6 Å². The van der Waals surface area contributed by atoms with Crippen molar-refractivity contribution in [2.45, 2.75) is 18.5 Å². The average Bonchev–Trinajstić information content (AvgIpc) is 3.27. The molecule has 2 aromatic carbocycles. The number of para-hydroxylation sites is 2. The van der Waals surface area contributed by atoms with Crippen molar-refractivity contribution in [2.24, 2.45) is 7.05 Å². The number of amides is 1. The Balaban J connectivity index is 1.51. The van der Waals surface area contributed by atoms with Gasteiger partial charge in [-0.1, -0.05) is 42.5 Å². The van der Waals surface area contributed by atoms with Gasteiger partial charge in [0.15, 0.2) is 0 Å². The average molecular weight is 498 g/mol. The van der Waals surface area contributed by atoms with Gasteiger partial charge < -0.3 is 14.5 Å². The van der Waals surface area contributed by atoms with Gasteiger partial charge in [0.1, 0.15) is 5.75 Å². The number of hydrogen-bond donors (Lipinski definition) is 0. The summed E-state index contributed by atoms with van der Waals surface area (Å²) in [6.07, 6.45) is 1.48. The first kappa shape index (κ1) is 24.7. The number of anilines is 1. The van der Waals surface area contributed by atoms with E-state index in [1.165, 1.54) is 20.1 Å². The topological polar surface area (TPSA) is 88.0 Å². The summed E-state index contributed by atoms with van der Waals surface area (Å²) in [5, 5.41) is 3.99. The molecule has 0 radical (unpaired) electrons. The van der Waals surface area contributed by atoms with E-state index in [1.54, 1.807) is 14.1 Å². The minimum atomic E-state index is -3.95. The largest absolute Gasteiger partial charge is 0.492 e. The zero-order valence-electron chi connectivity index (χ0n) is 20.3. The molecule has 0 N–H and O–H groups in total. The van der Waals surface area contributed by atoms with Crippen LogP contribution in [0.15, 0.2) is 65.8 Å². The predicted molar refractivity (Wildman–Crippen MR) is 134 cm³/mol. The molecule has 0 spiro atoms. The van der Waals surface area contributed by atoms with Gasteiger partial charge in [0.05, 0.1) is 17.9 Å². The van der Waals surface area contributed by atoms with Crippen LogP contribution in [-0.4, -0.2) is 73.1 Å². The highest BCUT2D eigenvalue weighted by Crippen LogP contribution is 2.30. The number of ether oxygens (including phenoxy) is 1. The molecule has 1 amide bonds. The standard InChI is InChI=1S/C25H31N5O4S/c1-4-34-23-13-9-8-12-22(23)29-14-16-30(17-15-29)35(32,33)24-21(19-28(3)26-24)25(31)27(2)18-20-10-6-5-7-11-20/h5-13,19H,4,14-18H2,1-3H3. The Morgan fingerprint density at radius 3 is 2.37 bits per heavy atom. The number of sulfonamides is 1. The van der Waals surface area contributed by atoms with Crippen LogP contribution in [0.2, 0.25) is 0 Å². The molecule has 0 aliphatic carbocycles. The van der Waals surface area contributed by atoms with Crippen molar-refractivity contribution in [1.29, 1.82) is 0 Å². The van der Waals surface area contributed by atoms with Gasteiger partial charge >= 0.3 is 0 Å². The lowest BCUT2D eigenvalue weighted by Crippen LogP contribution is -2.49. The third-order valence-corrected chi connectivity index (χ3v) is 7.80. The summed E-state index contributed by atoms with van der Waals surface area (Å²) in [6, 6.07) is 17.3. The molecule has 186 valence electrons. The third kappa shape index (κ3) is 5.33. The Morgan fingerprint density at radius 1 is 1.03 bits per heavy atom. The number of aromatic nitrogens is 2. The Labute approximate surface area is 206 Å². The number of carbonyl (C=O) groups is 1. The van der Waals surface area contributed by atoms with E-state index >= 15 is 0 Å². The van der Waals surface area contributed by atoms with E-state index in [4.69, 9.17) is 4.74 Å². The maximum absolute atomic E-state index is 13.6. The van der Waals surface area contributed by atoms with Gasteiger partial charge in [0.2, 0.25) is 5.03 Å². The van der Waals surface area contributed by atoms with Crippen molar-refractivity contribution in [3.8, 4) is 5.75 Å². The van der Waals surface area contributed by atoms with Gasteiger partial charge in [0, 0.05) is 53.0 Å². The molecule has 1 aliphatic rings. The summed E-state index contributed by atoms with van der Waals surface area (Å²) < 4.78 is 35.6. The second kappa shape index (κ2) is 10.5. The van der Waals surface area contributed by atoms with Crippen molar-refractivity contribution in [3.05, 3.63) is 71.9 Å². The minimum Gasteiger partial charge on any atom is -0.492 e. The molecular weight excluding hydrogens is 466 g/mol. The van der Waals surface area contributed by atoms with Crippen molar-refractivity contribution < 1.29 is 17.9 Å². The SMILES string of the molecule is CCOc1ccccc1N1CCN(S(=O)(=O)c2nn(C)cc2C(=O)N(C)Cc2ccccc2)CC1.